The second-order valence-electron chi connectivity index (χ2n) is 4.51. The van der Waals surface area contributed by atoms with Gasteiger partial charge >= 0.3 is 6.09 Å². The summed E-state index contributed by atoms with van der Waals surface area (Å²) in [6.07, 6.45) is 0.719. The predicted octanol–water partition coefficient (Wildman–Crippen LogP) is 3.89. The molecular formula is C14H13Cl3N4O2. The number of benzene rings is 1. The summed E-state index contributed by atoms with van der Waals surface area (Å²) in [5, 5.41) is 9.51. The summed E-state index contributed by atoms with van der Waals surface area (Å²) in [7, 11) is 1.24. The highest BCUT2D eigenvalue weighted by Crippen LogP contribution is 2.27. The van der Waals surface area contributed by atoms with E-state index < -0.39 is 6.09 Å². The molecule has 23 heavy (non-hydrogen) atoms. The Morgan fingerprint density at radius 3 is 2.65 bits per heavy atom. The normalized spacial score (nSPS) is 11.0. The number of hydrogen-bond donors (Lipinski definition) is 1. The Balaban J connectivity index is 2.25. The van der Waals surface area contributed by atoms with Crippen LogP contribution in [0.5, 0.6) is 0 Å². The number of aryl methyl sites for hydroxylation is 1. The molecule has 0 aliphatic carbocycles. The highest BCUT2D eigenvalue weighted by atomic mass is 35.5. The molecule has 0 atom stereocenters. The van der Waals surface area contributed by atoms with Crippen molar-refractivity contribution in [3.63, 3.8) is 0 Å². The Bertz CT molecular complexity index is 738. The first-order chi connectivity index (χ1) is 10.9. The van der Waals surface area contributed by atoms with Crippen LogP contribution in [0.15, 0.2) is 23.3 Å². The molecule has 9 heteroatoms. The second kappa shape index (κ2) is 7.68. The smallest absolute Gasteiger partial charge is 0.427 e. The van der Waals surface area contributed by atoms with E-state index >= 15 is 0 Å². The van der Waals surface area contributed by atoms with E-state index in [2.05, 4.69) is 20.4 Å². The maximum atomic E-state index is 11.0. The molecule has 122 valence electrons. The Morgan fingerprint density at radius 2 is 2.04 bits per heavy atom. The maximum Gasteiger partial charge on any atom is 0.427 e. The SMILES string of the molecule is COC(=O)N/N=C/c1c(C)nn(Cc2c(Cl)cccc2Cl)c1Cl. The fraction of sp³-hybridized carbons (Fsp3) is 0.214. The minimum atomic E-state index is -0.676. The number of carbonyl (C=O) groups is 1. The average Bonchev–Trinajstić information content (AvgIpc) is 2.78. The standard InChI is InChI=1S/C14H13Cl3N4O2/c1-8-9(6-18-19-14(22)23-2)13(17)21(20-8)7-10-11(15)4-3-5-12(10)16/h3-6H,7H2,1-2H3,(H,19,22)/b18-6+. The number of nitrogens with one attached hydrogen (secondary N) is 1. The fourth-order valence-electron chi connectivity index (χ4n) is 1.85. The van der Waals surface area contributed by atoms with Crippen LogP contribution >= 0.6 is 34.8 Å². The number of hydrogen-bond acceptors (Lipinski definition) is 4. The number of hydrazone groups is 1. The van der Waals surface area contributed by atoms with Gasteiger partial charge in [-0.05, 0) is 19.1 Å². The van der Waals surface area contributed by atoms with Crippen molar-refractivity contribution in [1.82, 2.24) is 15.2 Å². The van der Waals surface area contributed by atoms with E-state index in [1.54, 1.807) is 29.8 Å². The molecular weight excluding hydrogens is 363 g/mol. The molecule has 0 aliphatic rings. The molecule has 2 rings (SSSR count). The van der Waals surface area contributed by atoms with Crippen molar-refractivity contribution in [2.45, 2.75) is 13.5 Å². The summed E-state index contributed by atoms with van der Waals surface area (Å²) < 4.78 is 5.97. The van der Waals surface area contributed by atoms with Gasteiger partial charge in [0.15, 0.2) is 0 Å². The van der Waals surface area contributed by atoms with Crippen LogP contribution in [0, 0.1) is 6.92 Å². The molecule has 1 heterocycles. The largest absolute Gasteiger partial charge is 0.452 e. The Labute approximate surface area is 148 Å². The van der Waals surface area contributed by atoms with Crippen molar-refractivity contribution in [2.24, 2.45) is 5.10 Å². The maximum absolute atomic E-state index is 11.0. The molecule has 0 fully saturated rings. The summed E-state index contributed by atoms with van der Waals surface area (Å²) in [5.41, 5.74) is 4.12. The lowest BCUT2D eigenvalue weighted by Gasteiger charge is -2.08. The number of ether oxygens (including phenoxy) is 1. The summed E-state index contributed by atoms with van der Waals surface area (Å²) >= 11 is 18.6. The summed E-state index contributed by atoms with van der Waals surface area (Å²) in [6.45, 7) is 2.09. The predicted molar refractivity (Wildman–Crippen MR) is 90.7 cm³/mol. The van der Waals surface area contributed by atoms with Gasteiger partial charge in [0, 0.05) is 15.6 Å². The van der Waals surface area contributed by atoms with E-state index in [0.29, 0.717) is 33.0 Å². The van der Waals surface area contributed by atoms with Gasteiger partial charge in [0.2, 0.25) is 0 Å². The Kier molecular flexibility index (Phi) is 5.87. The van der Waals surface area contributed by atoms with E-state index in [4.69, 9.17) is 34.8 Å². The molecule has 0 saturated carbocycles. The van der Waals surface area contributed by atoms with Gasteiger partial charge in [-0.25, -0.2) is 14.9 Å². The summed E-state index contributed by atoms with van der Waals surface area (Å²) in [5.74, 6) is 0. The first kappa shape index (κ1) is 17.6. The van der Waals surface area contributed by atoms with Crippen LogP contribution in [-0.4, -0.2) is 29.2 Å². The third kappa shape index (κ3) is 4.16. The average molecular weight is 376 g/mol. The molecule has 1 aromatic carbocycles. The molecule has 0 aliphatic heterocycles. The van der Waals surface area contributed by atoms with Crippen LogP contribution in [0.3, 0.4) is 0 Å². The molecule has 0 unspecified atom stereocenters. The number of nitrogens with zero attached hydrogens (tertiary/aromatic N) is 3. The number of halogens is 3. The van der Waals surface area contributed by atoms with Gasteiger partial charge in [0.1, 0.15) is 5.15 Å². The molecule has 0 spiro atoms. The van der Waals surface area contributed by atoms with Crippen molar-refractivity contribution in [2.75, 3.05) is 7.11 Å². The van der Waals surface area contributed by atoms with Crippen molar-refractivity contribution >= 4 is 47.1 Å². The number of amides is 1. The molecule has 0 bridgehead atoms. The van der Waals surface area contributed by atoms with E-state index in [1.165, 1.54) is 13.3 Å². The molecule has 1 N–H and O–H groups in total. The van der Waals surface area contributed by atoms with Crippen molar-refractivity contribution in [1.29, 1.82) is 0 Å². The highest BCUT2D eigenvalue weighted by molar-refractivity contribution is 6.36. The van der Waals surface area contributed by atoms with Crippen LogP contribution in [0.1, 0.15) is 16.8 Å². The summed E-state index contributed by atoms with van der Waals surface area (Å²) in [4.78, 5) is 11.0. The third-order valence-electron chi connectivity index (χ3n) is 3.01. The van der Waals surface area contributed by atoms with Gasteiger partial charge in [-0.2, -0.15) is 10.2 Å². The molecule has 2 aromatic rings. The van der Waals surface area contributed by atoms with E-state index in [0.717, 1.165) is 5.56 Å². The Morgan fingerprint density at radius 1 is 1.39 bits per heavy atom. The second-order valence-corrected chi connectivity index (χ2v) is 5.68. The van der Waals surface area contributed by atoms with Gasteiger partial charge in [0.05, 0.1) is 31.1 Å². The zero-order valence-electron chi connectivity index (χ0n) is 12.3. The number of aromatic nitrogens is 2. The molecule has 1 aromatic heterocycles. The Hall–Kier alpha value is -1.76. The van der Waals surface area contributed by atoms with Gasteiger partial charge in [-0.1, -0.05) is 40.9 Å². The molecule has 1 amide bonds. The van der Waals surface area contributed by atoms with Crippen LogP contribution < -0.4 is 5.43 Å². The van der Waals surface area contributed by atoms with Crippen molar-refractivity contribution in [3.8, 4) is 0 Å². The molecule has 0 saturated heterocycles. The van der Waals surface area contributed by atoms with Crippen LogP contribution in [0.4, 0.5) is 4.79 Å². The topological polar surface area (TPSA) is 68.5 Å². The van der Waals surface area contributed by atoms with Gasteiger partial charge in [-0.15, -0.1) is 0 Å². The highest BCUT2D eigenvalue weighted by Gasteiger charge is 2.14. The third-order valence-corrected chi connectivity index (χ3v) is 4.12. The zero-order chi connectivity index (χ0) is 17.0. The summed E-state index contributed by atoms with van der Waals surface area (Å²) in [6, 6.07) is 5.26. The first-order valence-corrected chi connectivity index (χ1v) is 7.60. The van der Waals surface area contributed by atoms with Crippen molar-refractivity contribution < 1.29 is 9.53 Å². The lowest BCUT2D eigenvalue weighted by molar-refractivity contribution is 0.171. The van der Waals surface area contributed by atoms with Crippen LogP contribution in [-0.2, 0) is 11.3 Å². The van der Waals surface area contributed by atoms with Crippen molar-refractivity contribution in [3.05, 3.63) is 50.2 Å². The number of rotatable bonds is 4. The van der Waals surface area contributed by atoms with E-state index in [1.807, 2.05) is 0 Å². The lowest BCUT2D eigenvalue weighted by atomic mass is 10.2. The quantitative estimate of drug-likeness (QED) is 0.651. The number of methoxy groups -OCH3 is 1. The van der Waals surface area contributed by atoms with Gasteiger partial charge in [-0.3, -0.25) is 0 Å². The van der Waals surface area contributed by atoms with E-state index in [9.17, 15) is 4.79 Å². The molecule has 6 nitrogen and oxygen atoms in total. The lowest BCUT2D eigenvalue weighted by Crippen LogP contribution is -2.16. The zero-order valence-corrected chi connectivity index (χ0v) is 14.6. The first-order valence-electron chi connectivity index (χ1n) is 6.46. The van der Waals surface area contributed by atoms with Crippen LogP contribution in [0.25, 0.3) is 0 Å². The minimum absolute atomic E-state index is 0.316. The van der Waals surface area contributed by atoms with Crippen LogP contribution in [0.2, 0.25) is 15.2 Å². The van der Waals surface area contributed by atoms with Gasteiger partial charge < -0.3 is 4.74 Å². The van der Waals surface area contributed by atoms with E-state index in [-0.39, 0.29) is 0 Å². The molecule has 0 radical (unpaired) electrons. The number of carbonyl (C=O) groups excluding carboxylic acids is 1. The fourth-order valence-corrected chi connectivity index (χ4v) is 2.65. The minimum Gasteiger partial charge on any atom is -0.452 e. The van der Waals surface area contributed by atoms with Gasteiger partial charge in [0.25, 0.3) is 0 Å². The monoisotopic (exact) mass is 374 g/mol.